The van der Waals surface area contributed by atoms with Gasteiger partial charge in [-0.1, -0.05) is 29.3 Å². The van der Waals surface area contributed by atoms with E-state index in [1.54, 1.807) is 22.8 Å². The Balaban J connectivity index is 1.86. The van der Waals surface area contributed by atoms with Gasteiger partial charge in [0.2, 0.25) is 0 Å². The SMILES string of the molecule is Cc1cc(C)cc(CSc2ncnc3c2cnn3C)c1. The van der Waals surface area contributed by atoms with Crippen LogP contribution in [-0.2, 0) is 12.8 Å². The van der Waals surface area contributed by atoms with Crippen LogP contribution in [0.4, 0.5) is 0 Å². The van der Waals surface area contributed by atoms with Gasteiger partial charge in [0.05, 0.1) is 11.6 Å². The smallest absolute Gasteiger partial charge is 0.162 e. The lowest BCUT2D eigenvalue weighted by molar-refractivity contribution is 0.784. The fraction of sp³-hybridized carbons (Fsp3) is 0.267. The van der Waals surface area contributed by atoms with Crippen molar-refractivity contribution in [3.05, 3.63) is 47.4 Å². The standard InChI is InChI=1S/C15H16N4S/c1-10-4-11(2)6-12(5-10)8-20-15-13-7-18-19(3)14(13)16-9-17-15/h4-7,9H,8H2,1-3H3. The van der Waals surface area contributed by atoms with Gasteiger partial charge in [0.15, 0.2) is 5.65 Å². The number of benzene rings is 1. The summed E-state index contributed by atoms with van der Waals surface area (Å²) < 4.78 is 1.78. The molecule has 0 bridgehead atoms. The number of thioether (sulfide) groups is 1. The highest BCUT2D eigenvalue weighted by atomic mass is 32.2. The summed E-state index contributed by atoms with van der Waals surface area (Å²) in [6.45, 7) is 4.26. The summed E-state index contributed by atoms with van der Waals surface area (Å²) in [5.74, 6) is 0.906. The number of aromatic nitrogens is 4. The van der Waals surface area contributed by atoms with Gasteiger partial charge >= 0.3 is 0 Å². The van der Waals surface area contributed by atoms with Crippen molar-refractivity contribution in [1.29, 1.82) is 0 Å². The molecule has 0 fully saturated rings. The van der Waals surface area contributed by atoms with E-state index in [1.165, 1.54) is 16.7 Å². The highest BCUT2D eigenvalue weighted by molar-refractivity contribution is 7.98. The van der Waals surface area contributed by atoms with Crippen molar-refractivity contribution in [3.8, 4) is 0 Å². The molecule has 1 aromatic carbocycles. The van der Waals surface area contributed by atoms with E-state index in [9.17, 15) is 0 Å². The second-order valence-electron chi connectivity index (χ2n) is 4.97. The molecule has 2 heterocycles. The summed E-state index contributed by atoms with van der Waals surface area (Å²) in [7, 11) is 1.90. The molecule has 0 saturated carbocycles. The first-order chi connectivity index (χ1) is 9.63. The molecule has 0 N–H and O–H groups in total. The number of fused-ring (bicyclic) bond motifs is 1. The quantitative estimate of drug-likeness (QED) is 0.547. The number of hydrogen-bond donors (Lipinski definition) is 0. The zero-order valence-electron chi connectivity index (χ0n) is 11.8. The van der Waals surface area contributed by atoms with Crippen molar-refractivity contribution < 1.29 is 0 Å². The molecule has 0 atom stereocenters. The first-order valence-electron chi connectivity index (χ1n) is 6.46. The van der Waals surface area contributed by atoms with Crippen LogP contribution in [0.3, 0.4) is 0 Å². The van der Waals surface area contributed by atoms with Crippen LogP contribution in [0.2, 0.25) is 0 Å². The van der Waals surface area contributed by atoms with Crippen molar-refractivity contribution in [1.82, 2.24) is 19.7 Å². The molecule has 0 aliphatic carbocycles. The molecule has 5 heteroatoms. The van der Waals surface area contributed by atoms with Gasteiger partial charge in [-0.2, -0.15) is 5.10 Å². The maximum Gasteiger partial charge on any atom is 0.162 e. The maximum atomic E-state index is 4.38. The number of hydrogen-bond acceptors (Lipinski definition) is 4. The summed E-state index contributed by atoms with van der Waals surface area (Å²) in [4.78, 5) is 8.64. The maximum absolute atomic E-state index is 4.38. The van der Waals surface area contributed by atoms with E-state index in [0.717, 1.165) is 21.8 Å². The molecule has 0 aliphatic heterocycles. The Morgan fingerprint density at radius 3 is 2.60 bits per heavy atom. The fourth-order valence-electron chi connectivity index (χ4n) is 2.36. The zero-order chi connectivity index (χ0) is 14.1. The van der Waals surface area contributed by atoms with Crippen LogP contribution < -0.4 is 0 Å². The van der Waals surface area contributed by atoms with E-state index in [4.69, 9.17) is 0 Å². The molecule has 0 unspecified atom stereocenters. The van der Waals surface area contributed by atoms with Crippen LogP contribution in [0, 0.1) is 13.8 Å². The van der Waals surface area contributed by atoms with E-state index in [-0.39, 0.29) is 0 Å². The Morgan fingerprint density at radius 1 is 1.10 bits per heavy atom. The predicted molar refractivity (Wildman–Crippen MR) is 81.8 cm³/mol. The monoisotopic (exact) mass is 284 g/mol. The van der Waals surface area contributed by atoms with Crippen LogP contribution in [0.1, 0.15) is 16.7 Å². The van der Waals surface area contributed by atoms with Gasteiger partial charge in [-0.15, -0.1) is 11.8 Å². The molecule has 3 rings (SSSR count). The van der Waals surface area contributed by atoms with Gasteiger partial charge in [0.25, 0.3) is 0 Å². The third kappa shape index (κ3) is 2.54. The summed E-state index contributed by atoms with van der Waals surface area (Å²) >= 11 is 1.73. The Kier molecular flexibility index (Phi) is 3.44. The summed E-state index contributed by atoms with van der Waals surface area (Å²) in [6, 6.07) is 6.64. The lowest BCUT2D eigenvalue weighted by Gasteiger charge is -2.05. The Labute approximate surface area is 122 Å². The average molecular weight is 284 g/mol. The van der Waals surface area contributed by atoms with E-state index in [2.05, 4.69) is 47.1 Å². The Hall–Kier alpha value is -1.88. The third-order valence-corrected chi connectivity index (χ3v) is 4.23. The molecule has 2 aromatic heterocycles. The van der Waals surface area contributed by atoms with Crippen LogP contribution in [0.25, 0.3) is 11.0 Å². The second-order valence-corrected chi connectivity index (χ2v) is 5.93. The molecule has 0 saturated heterocycles. The Morgan fingerprint density at radius 2 is 1.85 bits per heavy atom. The van der Waals surface area contributed by atoms with Gasteiger partial charge in [0.1, 0.15) is 11.4 Å². The van der Waals surface area contributed by atoms with Crippen LogP contribution in [0.15, 0.2) is 35.7 Å². The molecule has 20 heavy (non-hydrogen) atoms. The zero-order valence-corrected chi connectivity index (χ0v) is 12.6. The highest BCUT2D eigenvalue weighted by Crippen LogP contribution is 2.27. The van der Waals surface area contributed by atoms with Crippen LogP contribution >= 0.6 is 11.8 Å². The summed E-state index contributed by atoms with van der Waals surface area (Å²) in [6.07, 6.45) is 3.44. The van der Waals surface area contributed by atoms with Crippen molar-refractivity contribution in [2.45, 2.75) is 24.6 Å². The van der Waals surface area contributed by atoms with Gasteiger partial charge in [-0.05, 0) is 19.4 Å². The molecule has 4 nitrogen and oxygen atoms in total. The van der Waals surface area contributed by atoms with Gasteiger partial charge in [-0.3, -0.25) is 4.68 Å². The minimum atomic E-state index is 0.878. The minimum Gasteiger partial charge on any atom is -0.250 e. The first kappa shape index (κ1) is 13.1. The van der Waals surface area contributed by atoms with E-state index < -0.39 is 0 Å². The highest BCUT2D eigenvalue weighted by Gasteiger charge is 2.08. The molecule has 102 valence electrons. The molecule has 0 radical (unpaired) electrons. The average Bonchev–Trinajstić information content (AvgIpc) is 2.78. The van der Waals surface area contributed by atoms with Gasteiger partial charge < -0.3 is 0 Å². The molecule has 3 aromatic rings. The number of rotatable bonds is 3. The van der Waals surface area contributed by atoms with Crippen molar-refractivity contribution in [2.75, 3.05) is 0 Å². The lowest BCUT2D eigenvalue weighted by Crippen LogP contribution is -1.93. The van der Waals surface area contributed by atoms with Crippen molar-refractivity contribution >= 4 is 22.8 Å². The minimum absolute atomic E-state index is 0.878. The molecular formula is C15H16N4S. The van der Waals surface area contributed by atoms with Gasteiger partial charge in [-0.25, -0.2) is 9.97 Å². The molecular weight excluding hydrogens is 268 g/mol. The normalized spacial score (nSPS) is 11.2. The van der Waals surface area contributed by atoms with E-state index in [1.807, 2.05) is 13.2 Å². The summed E-state index contributed by atoms with van der Waals surface area (Å²) in [5, 5.41) is 6.25. The fourth-order valence-corrected chi connectivity index (χ4v) is 3.25. The van der Waals surface area contributed by atoms with Gasteiger partial charge in [0, 0.05) is 12.8 Å². The van der Waals surface area contributed by atoms with E-state index in [0.29, 0.717) is 0 Å². The van der Waals surface area contributed by atoms with Crippen LogP contribution in [-0.4, -0.2) is 19.7 Å². The number of nitrogens with zero attached hydrogens (tertiary/aromatic N) is 4. The largest absolute Gasteiger partial charge is 0.250 e. The van der Waals surface area contributed by atoms with Crippen molar-refractivity contribution in [3.63, 3.8) is 0 Å². The topological polar surface area (TPSA) is 43.6 Å². The Bertz CT molecular complexity index is 743. The van der Waals surface area contributed by atoms with Crippen LogP contribution in [0.5, 0.6) is 0 Å². The molecule has 0 aliphatic rings. The van der Waals surface area contributed by atoms with Crippen molar-refractivity contribution in [2.24, 2.45) is 7.05 Å². The number of aryl methyl sites for hydroxylation is 3. The predicted octanol–water partition coefficient (Wildman–Crippen LogP) is 3.27. The first-order valence-corrected chi connectivity index (χ1v) is 7.45. The molecule has 0 amide bonds. The lowest BCUT2D eigenvalue weighted by atomic mass is 10.1. The third-order valence-electron chi connectivity index (χ3n) is 3.15. The molecule has 0 spiro atoms. The second kappa shape index (κ2) is 5.25. The summed E-state index contributed by atoms with van der Waals surface area (Å²) in [5.41, 5.74) is 4.80. The van der Waals surface area contributed by atoms with E-state index >= 15 is 0 Å².